The van der Waals surface area contributed by atoms with Crippen molar-refractivity contribution in [3.63, 3.8) is 0 Å². The second-order valence-electron chi connectivity index (χ2n) is 8.31. The van der Waals surface area contributed by atoms with Crippen molar-refractivity contribution >= 4 is 16.9 Å². The molecule has 0 bridgehead atoms. The minimum atomic E-state index is 0.799. The van der Waals surface area contributed by atoms with Gasteiger partial charge in [-0.3, -0.25) is 4.99 Å². The quantitative estimate of drug-likeness (QED) is 0.438. The number of likely N-dealkylation sites (tertiary alicyclic amines) is 2. The van der Waals surface area contributed by atoms with Crippen molar-refractivity contribution in [2.75, 3.05) is 45.8 Å². The first-order valence-electron chi connectivity index (χ1n) is 11.1. The van der Waals surface area contributed by atoms with E-state index in [1.54, 1.807) is 0 Å². The van der Waals surface area contributed by atoms with Gasteiger partial charge in [-0.05, 0) is 69.7 Å². The third kappa shape index (κ3) is 4.69. The number of nitrogens with zero attached hydrogens (tertiary/aromatic N) is 3. The largest absolute Gasteiger partial charge is 0.361 e. The van der Waals surface area contributed by atoms with Crippen LogP contribution in [-0.4, -0.2) is 66.6 Å². The van der Waals surface area contributed by atoms with Crippen LogP contribution in [0.3, 0.4) is 0 Å². The number of guanidine groups is 1. The van der Waals surface area contributed by atoms with Crippen LogP contribution in [0.4, 0.5) is 0 Å². The molecule has 0 radical (unpaired) electrons. The molecule has 4 rings (SSSR count). The smallest absolute Gasteiger partial charge is 0.193 e. The molecule has 2 aliphatic rings. The van der Waals surface area contributed by atoms with Gasteiger partial charge in [0.2, 0.25) is 0 Å². The fourth-order valence-electron chi connectivity index (χ4n) is 4.72. The number of aromatic amines is 1. The van der Waals surface area contributed by atoms with E-state index >= 15 is 0 Å². The van der Waals surface area contributed by atoms with Crippen LogP contribution in [0.15, 0.2) is 35.5 Å². The monoisotopic (exact) mass is 381 g/mol. The summed E-state index contributed by atoms with van der Waals surface area (Å²) < 4.78 is 0. The zero-order chi connectivity index (χ0) is 19.2. The Kier molecular flexibility index (Phi) is 6.53. The van der Waals surface area contributed by atoms with E-state index in [0.29, 0.717) is 0 Å². The van der Waals surface area contributed by atoms with Gasteiger partial charge in [-0.15, -0.1) is 0 Å². The van der Waals surface area contributed by atoms with Gasteiger partial charge >= 0.3 is 0 Å². The highest BCUT2D eigenvalue weighted by Crippen LogP contribution is 2.21. The summed E-state index contributed by atoms with van der Waals surface area (Å²) in [5.41, 5.74) is 2.64. The van der Waals surface area contributed by atoms with Crippen molar-refractivity contribution < 1.29 is 0 Å². The van der Waals surface area contributed by atoms with E-state index in [4.69, 9.17) is 4.99 Å². The second-order valence-corrected chi connectivity index (χ2v) is 8.31. The van der Waals surface area contributed by atoms with Crippen molar-refractivity contribution in [2.45, 2.75) is 39.0 Å². The first-order chi connectivity index (χ1) is 13.8. The van der Waals surface area contributed by atoms with Crippen LogP contribution in [0.2, 0.25) is 0 Å². The van der Waals surface area contributed by atoms with Crippen molar-refractivity contribution in [1.29, 1.82) is 0 Å². The molecule has 5 heteroatoms. The van der Waals surface area contributed by atoms with Gasteiger partial charge in [-0.1, -0.05) is 18.2 Å². The molecule has 1 unspecified atom stereocenters. The second kappa shape index (κ2) is 9.46. The number of aryl methyl sites for hydroxylation is 1. The average molecular weight is 382 g/mol. The normalized spacial score (nSPS) is 21.1. The van der Waals surface area contributed by atoms with Gasteiger partial charge in [0.25, 0.3) is 0 Å². The van der Waals surface area contributed by atoms with E-state index in [0.717, 1.165) is 50.9 Å². The summed E-state index contributed by atoms with van der Waals surface area (Å²) in [5, 5.41) is 4.87. The number of fused-ring (bicyclic) bond motifs is 1. The fourth-order valence-corrected chi connectivity index (χ4v) is 4.72. The standard InChI is InChI=1S/C23H35N5/c1-2-24-23(28-15-11-19(18-28)17-27-13-5-6-14-27)25-12-7-8-20-16-26-22-10-4-3-9-21(20)22/h3-4,9-10,16,19,26H,2,5-8,11-15,17-18H2,1H3,(H,24,25). The lowest BCUT2D eigenvalue weighted by Gasteiger charge is -2.23. The number of benzene rings is 1. The van der Waals surface area contributed by atoms with Crippen LogP contribution >= 0.6 is 0 Å². The molecule has 0 spiro atoms. The molecule has 1 aromatic heterocycles. The van der Waals surface area contributed by atoms with Crippen molar-refractivity contribution in [3.8, 4) is 0 Å². The summed E-state index contributed by atoms with van der Waals surface area (Å²) >= 11 is 0. The fraction of sp³-hybridized carbons (Fsp3) is 0.609. The molecule has 1 aromatic carbocycles. The maximum Gasteiger partial charge on any atom is 0.193 e. The Morgan fingerprint density at radius 1 is 1.21 bits per heavy atom. The zero-order valence-corrected chi connectivity index (χ0v) is 17.3. The molecule has 2 saturated heterocycles. The molecule has 2 aromatic rings. The Morgan fingerprint density at radius 3 is 2.93 bits per heavy atom. The topological polar surface area (TPSA) is 46.7 Å². The number of hydrogen-bond donors (Lipinski definition) is 2. The maximum absolute atomic E-state index is 4.95. The molecular weight excluding hydrogens is 346 g/mol. The number of nitrogens with one attached hydrogen (secondary N) is 2. The van der Waals surface area contributed by atoms with Gasteiger partial charge in [0.05, 0.1) is 0 Å². The Morgan fingerprint density at radius 2 is 2.07 bits per heavy atom. The average Bonchev–Trinajstić information content (AvgIpc) is 3.46. The molecule has 2 aliphatic heterocycles. The summed E-state index contributed by atoms with van der Waals surface area (Å²) in [6, 6.07) is 8.56. The minimum Gasteiger partial charge on any atom is -0.361 e. The van der Waals surface area contributed by atoms with E-state index in [1.165, 1.54) is 55.4 Å². The van der Waals surface area contributed by atoms with E-state index in [9.17, 15) is 0 Å². The number of para-hydroxylation sites is 1. The van der Waals surface area contributed by atoms with Gasteiger partial charge in [-0.25, -0.2) is 0 Å². The van der Waals surface area contributed by atoms with E-state index in [2.05, 4.69) is 57.5 Å². The lowest BCUT2D eigenvalue weighted by atomic mass is 10.1. The molecule has 2 N–H and O–H groups in total. The summed E-state index contributed by atoms with van der Waals surface area (Å²) in [7, 11) is 0. The summed E-state index contributed by atoms with van der Waals surface area (Å²) in [6.07, 6.45) is 8.39. The van der Waals surface area contributed by atoms with E-state index in [1.807, 2.05) is 0 Å². The Balaban J connectivity index is 1.28. The van der Waals surface area contributed by atoms with Crippen LogP contribution in [0.5, 0.6) is 0 Å². The van der Waals surface area contributed by atoms with Crippen LogP contribution in [0.1, 0.15) is 38.2 Å². The lowest BCUT2D eigenvalue weighted by molar-refractivity contribution is 0.281. The SMILES string of the molecule is CCNC(=NCCCc1c[nH]c2ccccc12)N1CCC(CN2CCCC2)C1. The first kappa shape index (κ1) is 19.3. The molecule has 0 aliphatic carbocycles. The number of rotatable bonds is 7. The summed E-state index contributed by atoms with van der Waals surface area (Å²) in [4.78, 5) is 13.5. The third-order valence-electron chi connectivity index (χ3n) is 6.18. The van der Waals surface area contributed by atoms with E-state index < -0.39 is 0 Å². The van der Waals surface area contributed by atoms with Gasteiger partial charge in [0, 0.05) is 49.8 Å². The Hall–Kier alpha value is -2.01. The summed E-state index contributed by atoms with van der Waals surface area (Å²) in [5.74, 6) is 1.92. The molecule has 3 heterocycles. The van der Waals surface area contributed by atoms with Gasteiger partial charge < -0.3 is 20.1 Å². The van der Waals surface area contributed by atoms with Gasteiger partial charge in [0.15, 0.2) is 5.96 Å². The molecule has 0 amide bonds. The van der Waals surface area contributed by atoms with Crippen LogP contribution in [-0.2, 0) is 6.42 Å². The predicted octanol–water partition coefficient (Wildman–Crippen LogP) is 3.48. The van der Waals surface area contributed by atoms with E-state index in [-0.39, 0.29) is 0 Å². The highest BCUT2D eigenvalue weighted by molar-refractivity contribution is 5.83. The van der Waals surface area contributed by atoms with Crippen LogP contribution in [0.25, 0.3) is 10.9 Å². The minimum absolute atomic E-state index is 0.799. The molecule has 28 heavy (non-hydrogen) atoms. The molecular formula is C23H35N5. The highest BCUT2D eigenvalue weighted by Gasteiger charge is 2.27. The van der Waals surface area contributed by atoms with Crippen molar-refractivity contribution in [3.05, 3.63) is 36.0 Å². The molecule has 152 valence electrons. The molecule has 0 saturated carbocycles. The number of hydrogen-bond acceptors (Lipinski definition) is 2. The Labute approximate surface area is 169 Å². The van der Waals surface area contributed by atoms with Gasteiger partial charge in [-0.2, -0.15) is 0 Å². The molecule has 1 atom stereocenters. The third-order valence-corrected chi connectivity index (χ3v) is 6.18. The van der Waals surface area contributed by atoms with Gasteiger partial charge in [0.1, 0.15) is 0 Å². The lowest BCUT2D eigenvalue weighted by Crippen LogP contribution is -2.40. The highest BCUT2D eigenvalue weighted by atomic mass is 15.3. The molecule has 5 nitrogen and oxygen atoms in total. The van der Waals surface area contributed by atoms with Crippen molar-refractivity contribution in [1.82, 2.24) is 20.1 Å². The van der Waals surface area contributed by atoms with Crippen molar-refractivity contribution in [2.24, 2.45) is 10.9 Å². The summed E-state index contributed by atoms with van der Waals surface area (Å²) in [6.45, 7) is 10.2. The number of aromatic nitrogens is 1. The Bertz CT molecular complexity index is 774. The number of H-pyrrole nitrogens is 1. The maximum atomic E-state index is 4.95. The molecule has 2 fully saturated rings. The zero-order valence-electron chi connectivity index (χ0n) is 17.3. The van der Waals surface area contributed by atoms with Crippen LogP contribution < -0.4 is 5.32 Å². The predicted molar refractivity (Wildman–Crippen MR) is 118 cm³/mol. The van der Waals surface area contributed by atoms with Crippen LogP contribution in [0, 0.1) is 5.92 Å². The first-order valence-corrected chi connectivity index (χ1v) is 11.1. The number of aliphatic imine (C=N–C) groups is 1.